The molecule has 0 saturated carbocycles. The quantitative estimate of drug-likeness (QED) is 0.694. The molecule has 0 amide bonds. The average molecular weight is 318 g/mol. The van der Waals surface area contributed by atoms with Crippen molar-refractivity contribution < 1.29 is 0 Å². The first-order valence-corrected chi connectivity index (χ1v) is 8.03. The summed E-state index contributed by atoms with van der Waals surface area (Å²) < 4.78 is 0. The van der Waals surface area contributed by atoms with Crippen molar-refractivity contribution in [2.75, 3.05) is 10.6 Å². The van der Waals surface area contributed by atoms with Gasteiger partial charge in [-0.05, 0) is 63.1 Å². The second kappa shape index (κ2) is 6.71. The SMILES string of the molecule is Cc1ccc(Nc2cc(C)nc(Nc3ccc(C)c(C)c3)n2)cc1. The van der Waals surface area contributed by atoms with Gasteiger partial charge in [0.1, 0.15) is 5.82 Å². The Bertz CT molecular complexity index is 854. The Morgan fingerprint density at radius 2 is 1.38 bits per heavy atom. The van der Waals surface area contributed by atoms with Gasteiger partial charge < -0.3 is 10.6 Å². The molecule has 0 saturated heterocycles. The maximum Gasteiger partial charge on any atom is 0.229 e. The van der Waals surface area contributed by atoms with Crippen LogP contribution in [-0.2, 0) is 0 Å². The van der Waals surface area contributed by atoms with Crippen molar-refractivity contribution in [1.29, 1.82) is 0 Å². The van der Waals surface area contributed by atoms with Crippen molar-refractivity contribution in [1.82, 2.24) is 9.97 Å². The van der Waals surface area contributed by atoms with E-state index in [1.165, 1.54) is 16.7 Å². The number of nitrogens with one attached hydrogen (secondary N) is 2. The third-order valence-electron chi connectivity index (χ3n) is 3.94. The smallest absolute Gasteiger partial charge is 0.229 e. The van der Waals surface area contributed by atoms with E-state index in [0.29, 0.717) is 5.95 Å². The van der Waals surface area contributed by atoms with Crippen molar-refractivity contribution in [2.45, 2.75) is 27.7 Å². The first-order valence-electron chi connectivity index (χ1n) is 8.03. The van der Waals surface area contributed by atoms with Gasteiger partial charge in [-0.15, -0.1) is 0 Å². The van der Waals surface area contributed by atoms with Gasteiger partial charge in [0.05, 0.1) is 0 Å². The number of aryl methyl sites for hydroxylation is 4. The van der Waals surface area contributed by atoms with E-state index in [0.717, 1.165) is 22.9 Å². The first-order chi connectivity index (χ1) is 11.5. The topological polar surface area (TPSA) is 49.8 Å². The molecule has 4 nitrogen and oxygen atoms in total. The number of anilines is 4. The predicted molar refractivity (Wildman–Crippen MR) is 100 cm³/mol. The molecular formula is C20H22N4. The minimum absolute atomic E-state index is 0.591. The van der Waals surface area contributed by atoms with Gasteiger partial charge in [-0.3, -0.25) is 0 Å². The Labute approximate surface area is 143 Å². The van der Waals surface area contributed by atoms with Crippen molar-refractivity contribution >= 4 is 23.1 Å². The Balaban J connectivity index is 1.82. The molecule has 3 rings (SSSR count). The lowest BCUT2D eigenvalue weighted by atomic mass is 10.1. The molecule has 0 aliphatic heterocycles. The van der Waals surface area contributed by atoms with Crippen molar-refractivity contribution in [2.24, 2.45) is 0 Å². The molecule has 0 atom stereocenters. The van der Waals surface area contributed by atoms with E-state index in [1.807, 2.05) is 31.2 Å². The summed E-state index contributed by atoms with van der Waals surface area (Å²) in [5, 5.41) is 6.61. The first kappa shape index (κ1) is 16.0. The highest BCUT2D eigenvalue weighted by Crippen LogP contribution is 2.21. The van der Waals surface area contributed by atoms with Crippen LogP contribution in [0.1, 0.15) is 22.4 Å². The third kappa shape index (κ3) is 3.90. The highest BCUT2D eigenvalue weighted by atomic mass is 15.1. The average Bonchev–Trinajstić information content (AvgIpc) is 2.53. The zero-order valence-corrected chi connectivity index (χ0v) is 14.5. The van der Waals surface area contributed by atoms with Crippen LogP contribution < -0.4 is 10.6 Å². The fraction of sp³-hybridized carbons (Fsp3) is 0.200. The molecule has 0 radical (unpaired) electrons. The van der Waals surface area contributed by atoms with E-state index in [4.69, 9.17) is 0 Å². The molecule has 0 aliphatic carbocycles. The summed E-state index contributed by atoms with van der Waals surface area (Å²) in [6.45, 7) is 8.24. The summed E-state index contributed by atoms with van der Waals surface area (Å²) >= 11 is 0. The molecule has 2 N–H and O–H groups in total. The summed E-state index contributed by atoms with van der Waals surface area (Å²) in [7, 11) is 0. The van der Waals surface area contributed by atoms with Gasteiger partial charge >= 0.3 is 0 Å². The molecule has 1 aromatic heterocycles. The summed E-state index contributed by atoms with van der Waals surface area (Å²) in [5.74, 6) is 1.37. The van der Waals surface area contributed by atoms with Crippen LogP contribution in [0.5, 0.6) is 0 Å². The normalized spacial score (nSPS) is 10.5. The summed E-state index contributed by atoms with van der Waals surface area (Å²) in [6.07, 6.45) is 0. The number of nitrogens with zero attached hydrogens (tertiary/aromatic N) is 2. The molecular weight excluding hydrogens is 296 g/mol. The molecule has 0 spiro atoms. The van der Waals surface area contributed by atoms with Crippen LogP contribution in [0, 0.1) is 27.7 Å². The summed E-state index contributed by atoms with van der Waals surface area (Å²) in [6, 6.07) is 16.4. The minimum Gasteiger partial charge on any atom is -0.340 e. The largest absolute Gasteiger partial charge is 0.340 e. The minimum atomic E-state index is 0.591. The van der Waals surface area contributed by atoms with Crippen LogP contribution in [0.2, 0.25) is 0 Å². The van der Waals surface area contributed by atoms with Gasteiger partial charge in [0, 0.05) is 23.1 Å². The van der Waals surface area contributed by atoms with Crippen LogP contribution in [0.25, 0.3) is 0 Å². The lowest BCUT2D eigenvalue weighted by Crippen LogP contribution is -2.02. The molecule has 4 heteroatoms. The molecule has 0 bridgehead atoms. The fourth-order valence-corrected chi connectivity index (χ4v) is 2.42. The highest BCUT2D eigenvalue weighted by Gasteiger charge is 2.04. The third-order valence-corrected chi connectivity index (χ3v) is 3.94. The summed E-state index contributed by atoms with van der Waals surface area (Å²) in [4.78, 5) is 9.04. The zero-order chi connectivity index (χ0) is 17.1. The van der Waals surface area contributed by atoms with Gasteiger partial charge in [-0.2, -0.15) is 4.98 Å². The molecule has 2 aromatic carbocycles. The van der Waals surface area contributed by atoms with Gasteiger partial charge in [-0.25, -0.2) is 4.98 Å². The van der Waals surface area contributed by atoms with Crippen LogP contribution in [-0.4, -0.2) is 9.97 Å². The second-order valence-electron chi connectivity index (χ2n) is 6.13. The van der Waals surface area contributed by atoms with Crippen molar-refractivity contribution in [3.8, 4) is 0 Å². The maximum atomic E-state index is 4.57. The molecule has 0 aliphatic rings. The van der Waals surface area contributed by atoms with Crippen molar-refractivity contribution in [3.63, 3.8) is 0 Å². The van der Waals surface area contributed by atoms with Gasteiger partial charge in [0.25, 0.3) is 0 Å². The monoisotopic (exact) mass is 318 g/mol. The van der Waals surface area contributed by atoms with E-state index < -0.39 is 0 Å². The molecule has 24 heavy (non-hydrogen) atoms. The number of benzene rings is 2. The van der Waals surface area contributed by atoms with Crippen LogP contribution in [0.3, 0.4) is 0 Å². The zero-order valence-electron chi connectivity index (χ0n) is 14.5. The van der Waals surface area contributed by atoms with E-state index >= 15 is 0 Å². The molecule has 0 fully saturated rings. The Kier molecular flexibility index (Phi) is 4.47. The molecule has 0 unspecified atom stereocenters. The second-order valence-corrected chi connectivity index (χ2v) is 6.13. The highest BCUT2D eigenvalue weighted by molar-refractivity contribution is 5.61. The van der Waals surface area contributed by atoms with E-state index in [-0.39, 0.29) is 0 Å². The van der Waals surface area contributed by atoms with Gasteiger partial charge in [-0.1, -0.05) is 23.8 Å². The van der Waals surface area contributed by atoms with E-state index in [2.05, 4.69) is 65.6 Å². The number of aromatic nitrogens is 2. The lowest BCUT2D eigenvalue weighted by molar-refractivity contribution is 1.11. The Morgan fingerprint density at radius 3 is 2.08 bits per heavy atom. The number of hydrogen-bond donors (Lipinski definition) is 2. The standard InChI is InChI=1S/C20H22N4/c1-13-5-8-17(9-6-13)22-19-12-16(4)21-20(24-19)23-18-10-7-14(2)15(3)11-18/h5-12H,1-4H3,(H2,21,22,23,24). The van der Waals surface area contributed by atoms with Gasteiger partial charge in [0.2, 0.25) is 5.95 Å². The van der Waals surface area contributed by atoms with Crippen molar-refractivity contribution in [3.05, 3.63) is 70.9 Å². The number of hydrogen-bond acceptors (Lipinski definition) is 4. The van der Waals surface area contributed by atoms with Crippen LogP contribution in [0.15, 0.2) is 48.5 Å². The van der Waals surface area contributed by atoms with Crippen LogP contribution >= 0.6 is 0 Å². The molecule has 3 aromatic rings. The van der Waals surface area contributed by atoms with Crippen LogP contribution in [0.4, 0.5) is 23.1 Å². The van der Waals surface area contributed by atoms with Gasteiger partial charge in [0.15, 0.2) is 0 Å². The maximum absolute atomic E-state index is 4.57. The Hall–Kier alpha value is -2.88. The predicted octanol–water partition coefficient (Wildman–Crippen LogP) is 5.20. The lowest BCUT2D eigenvalue weighted by Gasteiger charge is -2.11. The van der Waals surface area contributed by atoms with E-state index in [1.54, 1.807) is 0 Å². The van der Waals surface area contributed by atoms with E-state index in [9.17, 15) is 0 Å². The summed E-state index contributed by atoms with van der Waals surface area (Å²) in [5.41, 5.74) is 6.65. The Morgan fingerprint density at radius 1 is 0.667 bits per heavy atom. The number of rotatable bonds is 4. The molecule has 1 heterocycles. The fourth-order valence-electron chi connectivity index (χ4n) is 2.42. The molecule has 122 valence electrons.